The molecule has 2 aromatic carbocycles. The molecule has 0 aromatic heterocycles. The van der Waals surface area contributed by atoms with E-state index in [1.54, 1.807) is 19.2 Å². The van der Waals surface area contributed by atoms with Gasteiger partial charge in [0.15, 0.2) is 5.96 Å². The maximum absolute atomic E-state index is 13.0. The van der Waals surface area contributed by atoms with E-state index in [-0.39, 0.29) is 29.8 Å². The Morgan fingerprint density at radius 1 is 1.12 bits per heavy atom. The molecule has 0 bridgehead atoms. The predicted octanol–water partition coefficient (Wildman–Crippen LogP) is 3.84. The lowest BCUT2D eigenvalue weighted by molar-refractivity contribution is 0.0392. The minimum Gasteiger partial charge on any atom is -0.492 e. The maximum atomic E-state index is 13.0. The molecule has 8 heteroatoms. The lowest BCUT2D eigenvalue weighted by Crippen LogP contribution is -2.38. The van der Waals surface area contributed by atoms with Crippen LogP contribution < -0.4 is 15.4 Å². The van der Waals surface area contributed by atoms with Gasteiger partial charge < -0.3 is 20.1 Å². The first kappa shape index (κ1) is 27.3. The van der Waals surface area contributed by atoms with Gasteiger partial charge in [0.1, 0.15) is 18.2 Å². The van der Waals surface area contributed by atoms with E-state index >= 15 is 0 Å². The molecular formula is C25H36FIN4O2. The number of ether oxygens (including phenoxy) is 2. The van der Waals surface area contributed by atoms with Crippen molar-refractivity contribution < 1.29 is 13.9 Å². The molecule has 1 aliphatic rings. The van der Waals surface area contributed by atoms with Crippen LogP contribution in [0.4, 0.5) is 4.39 Å². The van der Waals surface area contributed by atoms with E-state index < -0.39 is 0 Å². The van der Waals surface area contributed by atoms with Crippen molar-refractivity contribution in [3.05, 3.63) is 65.5 Å². The second kappa shape index (κ2) is 15.1. The summed E-state index contributed by atoms with van der Waals surface area (Å²) in [5.74, 6) is 1.40. The van der Waals surface area contributed by atoms with Crippen molar-refractivity contribution in [1.82, 2.24) is 15.5 Å². The molecule has 0 unspecified atom stereocenters. The van der Waals surface area contributed by atoms with E-state index in [0.29, 0.717) is 19.2 Å². The summed E-state index contributed by atoms with van der Waals surface area (Å²) in [5.41, 5.74) is 2.21. The third-order valence-corrected chi connectivity index (χ3v) is 5.73. The Labute approximate surface area is 214 Å². The highest BCUT2D eigenvalue weighted by molar-refractivity contribution is 14.0. The summed E-state index contributed by atoms with van der Waals surface area (Å²) in [4.78, 5) is 6.64. The third kappa shape index (κ3) is 9.85. The Morgan fingerprint density at radius 3 is 2.61 bits per heavy atom. The molecule has 6 nitrogen and oxygen atoms in total. The van der Waals surface area contributed by atoms with Crippen LogP contribution in [0.25, 0.3) is 0 Å². The number of aliphatic imine (C=N–C) groups is 1. The molecule has 33 heavy (non-hydrogen) atoms. The molecule has 1 fully saturated rings. The number of rotatable bonds is 10. The molecule has 0 atom stereocenters. The van der Waals surface area contributed by atoms with Gasteiger partial charge in [0, 0.05) is 45.9 Å². The number of nitrogens with zero attached hydrogens (tertiary/aromatic N) is 2. The molecule has 2 N–H and O–H groups in total. The maximum Gasteiger partial charge on any atom is 0.191 e. The van der Waals surface area contributed by atoms with Crippen LogP contribution in [-0.4, -0.2) is 63.9 Å². The summed E-state index contributed by atoms with van der Waals surface area (Å²) in [6.07, 6.45) is 2.99. The quantitative estimate of drug-likeness (QED) is 0.259. The van der Waals surface area contributed by atoms with Crippen molar-refractivity contribution in [2.75, 3.05) is 47.0 Å². The number of benzene rings is 2. The van der Waals surface area contributed by atoms with Crippen molar-refractivity contribution in [1.29, 1.82) is 0 Å². The highest BCUT2D eigenvalue weighted by atomic mass is 127. The van der Waals surface area contributed by atoms with Crippen LogP contribution in [0.2, 0.25) is 0 Å². The van der Waals surface area contributed by atoms with Gasteiger partial charge >= 0.3 is 0 Å². The van der Waals surface area contributed by atoms with Gasteiger partial charge in [-0.1, -0.05) is 24.3 Å². The first-order chi connectivity index (χ1) is 15.6. The number of hydrogen-bond donors (Lipinski definition) is 2. The van der Waals surface area contributed by atoms with Gasteiger partial charge in [-0.25, -0.2) is 4.39 Å². The molecule has 1 aliphatic heterocycles. The predicted molar refractivity (Wildman–Crippen MR) is 142 cm³/mol. The number of likely N-dealkylation sites (N-methyl/N-ethyl adjacent to an activating group) is 1. The van der Waals surface area contributed by atoms with Crippen LogP contribution in [0.3, 0.4) is 0 Å². The van der Waals surface area contributed by atoms with Crippen molar-refractivity contribution in [3.8, 4) is 5.75 Å². The molecule has 1 saturated heterocycles. The van der Waals surface area contributed by atoms with Gasteiger partial charge in [-0.3, -0.25) is 9.89 Å². The summed E-state index contributed by atoms with van der Waals surface area (Å²) < 4.78 is 24.4. The topological polar surface area (TPSA) is 58.1 Å². The van der Waals surface area contributed by atoms with Crippen LogP contribution in [-0.2, 0) is 17.7 Å². The fourth-order valence-electron chi connectivity index (χ4n) is 3.74. The highest BCUT2D eigenvalue weighted by Gasteiger charge is 2.17. The molecule has 0 saturated carbocycles. The second-order valence-corrected chi connectivity index (χ2v) is 8.05. The van der Waals surface area contributed by atoms with Crippen molar-refractivity contribution >= 4 is 29.9 Å². The second-order valence-electron chi connectivity index (χ2n) is 8.05. The van der Waals surface area contributed by atoms with Crippen molar-refractivity contribution in [2.24, 2.45) is 4.99 Å². The molecule has 1 heterocycles. The zero-order valence-electron chi connectivity index (χ0n) is 19.6. The van der Waals surface area contributed by atoms with E-state index in [2.05, 4.69) is 39.7 Å². The first-order valence-electron chi connectivity index (χ1n) is 11.3. The average Bonchev–Trinajstić information content (AvgIpc) is 2.83. The Hall–Kier alpha value is -1.91. The van der Waals surface area contributed by atoms with Crippen molar-refractivity contribution in [3.63, 3.8) is 0 Å². The standard InChI is InChI=1S/C25H35FN4O2.HI/c1-27-25(28-13-10-20-6-8-22(26)9-7-20)29-19-21-4-3-5-24(18-21)32-17-14-30(2)23-11-15-31-16-12-23;/h3-9,18,23H,10-17,19H2,1-2H3,(H2,27,28,29);1H. The zero-order chi connectivity index (χ0) is 22.6. The van der Waals surface area contributed by atoms with Crippen LogP contribution in [0.5, 0.6) is 5.75 Å². The van der Waals surface area contributed by atoms with Crippen LogP contribution in [0.15, 0.2) is 53.5 Å². The molecule has 0 radical (unpaired) electrons. The first-order valence-corrected chi connectivity index (χ1v) is 11.3. The van der Waals surface area contributed by atoms with Gasteiger partial charge in [-0.2, -0.15) is 0 Å². The molecule has 0 amide bonds. The summed E-state index contributed by atoms with van der Waals surface area (Å²) >= 11 is 0. The summed E-state index contributed by atoms with van der Waals surface area (Å²) in [6.45, 7) is 4.64. The van der Waals surface area contributed by atoms with Crippen molar-refractivity contribution in [2.45, 2.75) is 31.8 Å². The number of nitrogens with one attached hydrogen (secondary N) is 2. The Morgan fingerprint density at radius 2 is 1.88 bits per heavy atom. The summed E-state index contributed by atoms with van der Waals surface area (Å²) in [7, 11) is 3.91. The normalized spacial score (nSPS) is 14.6. The third-order valence-electron chi connectivity index (χ3n) is 5.73. The Balaban J connectivity index is 0.00000385. The van der Waals surface area contributed by atoms with E-state index in [4.69, 9.17) is 9.47 Å². The number of hydrogen-bond acceptors (Lipinski definition) is 4. The van der Waals surface area contributed by atoms with Gasteiger partial charge in [0.2, 0.25) is 0 Å². The zero-order valence-corrected chi connectivity index (χ0v) is 21.9. The van der Waals surface area contributed by atoms with Gasteiger partial charge in [0.25, 0.3) is 0 Å². The fourth-order valence-corrected chi connectivity index (χ4v) is 3.74. The number of halogens is 2. The Bertz CT molecular complexity index is 845. The molecule has 3 rings (SSSR count). The summed E-state index contributed by atoms with van der Waals surface area (Å²) in [5, 5.41) is 6.62. The molecule has 0 aliphatic carbocycles. The van der Waals surface area contributed by atoms with Crippen LogP contribution >= 0.6 is 24.0 Å². The van der Waals surface area contributed by atoms with Crippen LogP contribution in [0.1, 0.15) is 24.0 Å². The van der Waals surface area contributed by atoms with Gasteiger partial charge in [-0.15, -0.1) is 24.0 Å². The minimum atomic E-state index is -0.211. The van der Waals surface area contributed by atoms with E-state index in [0.717, 1.165) is 68.4 Å². The highest BCUT2D eigenvalue weighted by Crippen LogP contribution is 2.15. The smallest absolute Gasteiger partial charge is 0.191 e. The van der Waals surface area contributed by atoms with Crippen LogP contribution in [0, 0.1) is 5.82 Å². The minimum absolute atomic E-state index is 0. The van der Waals surface area contributed by atoms with E-state index in [1.807, 2.05) is 12.1 Å². The lowest BCUT2D eigenvalue weighted by atomic mass is 10.1. The monoisotopic (exact) mass is 570 g/mol. The molecule has 0 spiro atoms. The largest absolute Gasteiger partial charge is 0.492 e. The lowest BCUT2D eigenvalue weighted by Gasteiger charge is -2.31. The van der Waals surface area contributed by atoms with E-state index in [9.17, 15) is 4.39 Å². The molecule has 2 aromatic rings. The fraction of sp³-hybridized carbons (Fsp3) is 0.480. The SMILES string of the molecule is CN=C(NCCc1ccc(F)cc1)NCc1cccc(OCCN(C)C2CCOCC2)c1.I. The molecular weight excluding hydrogens is 534 g/mol. The number of guanidine groups is 1. The van der Waals surface area contributed by atoms with Gasteiger partial charge in [-0.05, 0) is 61.7 Å². The average molecular weight is 570 g/mol. The molecule has 182 valence electrons. The summed E-state index contributed by atoms with van der Waals surface area (Å²) in [6, 6.07) is 15.3. The Kier molecular flexibility index (Phi) is 12.5. The van der Waals surface area contributed by atoms with Gasteiger partial charge in [0.05, 0.1) is 0 Å². The van der Waals surface area contributed by atoms with E-state index in [1.165, 1.54) is 12.1 Å².